The number of hydrogen-bond acceptors (Lipinski definition) is 2. The number of imidazole rings is 1. The Bertz CT molecular complexity index is 1290. The highest BCUT2D eigenvalue weighted by Gasteiger charge is 2.48. The summed E-state index contributed by atoms with van der Waals surface area (Å²) in [6, 6.07) is 9.99. The molecule has 0 aliphatic heterocycles. The van der Waals surface area contributed by atoms with E-state index in [0.717, 1.165) is 35.1 Å². The van der Waals surface area contributed by atoms with Crippen LogP contribution in [-0.2, 0) is 6.42 Å². The first kappa shape index (κ1) is 20.1. The zero-order valence-corrected chi connectivity index (χ0v) is 18.5. The van der Waals surface area contributed by atoms with Gasteiger partial charge in [-0.2, -0.15) is 0 Å². The SMILES string of the molecule is CC(Cc1nc2cc(F)c(Cl)cc2[nH]1)C1CC2CC1CC2c1ccnc2ccc(F)cc12. The number of nitrogens with one attached hydrogen (secondary N) is 1. The molecule has 2 saturated carbocycles. The van der Waals surface area contributed by atoms with Crippen LogP contribution in [0.25, 0.3) is 21.9 Å². The molecule has 2 aromatic carbocycles. The van der Waals surface area contributed by atoms with Gasteiger partial charge in [0.1, 0.15) is 17.5 Å². The molecular weight excluding hydrogens is 428 g/mol. The minimum absolute atomic E-state index is 0.114. The van der Waals surface area contributed by atoms with Crippen molar-refractivity contribution in [3.05, 3.63) is 70.6 Å². The van der Waals surface area contributed by atoms with E-state index in [1.807, 2.05) is 6.20 Å². The molecule has 2 heterocycles. The molecule has 164 valence electrons. The lowest BCUT2D eigenvalue weighted by molar-refractivity contribution is 0.224. The molecule has 32 heavy (non-hydrogen) atoms. The lowest BCUT2D eigenvalue weighted by atomic mass is 9.73. The van der Waals surface area contributed by atoms with Crippen LogP contribution in [0.3, 0.4) is 0 Å². The van der Waals surface area contributed by atoms with E-state index in [2.05, 4.69) is 27.9 Å². The average molecular weight is 452 g/mol. The van der Waals surface area contributed by atoms with Crippen molar-refractivity contribution in [1.82, 2.24) is 15.0 Å². The Morgan fingerprint density at radius 2 is 1.94 bits per heavy atom. The van der Waals surface area contributed by atoms with Crippen LogP contribution < -0.4 is 0 Å². The van der Waals surface area contributed by atoms with E-state index in [4.69, 9.17) is 11.6 Å². The Morgan fingerprint density at radius 1 is 1.06 bits per heavy atom. The number of fused-ring (bicyclic) bond motifs is 4. The van der Waals surface area contributed by atoms with Gasteiger partial charge >= 0.3 is 0 Å². The molecule has 0 radical (unpaired) electrons. The Labute approximate surface area is 190 Å². The molecule has 0 spiro atoms. The fourth-order valence-corrected chi connectivity index (χ4v) is 6.64. The van der Waals surface area contributed by atoms with Gasteiger partial charge in [-0.3, -0.25) is 4.98 Å². The number of hydrogen-bond donors (Lipinski definition) is 1. The van der Waals surface area contributed by atoms with E-state index >= 15 is 0 Å². The van der Waals surface area contributed by atoms with E-state index in [1.165, 1.54) is 30.5 Å². The molecule has 6 heteroatoms. The maximum absolute atomic E-state index is 13.9. The Balaban J connectivity index is 1.20. The van der Waals surface area contributed by atoms with Gasteiger partial charge in [-0.25, -0.2) is 13.8 Å². The summed E-state index contributed by atoms with van der Waals surface area (Å²) in [7, 11) is 0. The summed E-state index contributed by atoms with van der Waals surface area (Å²) in [4.78, 5) is 12.3. The molecule has 0 amide bonds. The standard InChI is InChI=1S/C26H24ClF2N3/c1-13(6-26-31-24-11-21(27)22(29)12-25(24)32-26)18-8-15-7-14(18)9-19(15)17-4-5-30-23-3-2-16(28)10-20(17)23/h2-5,10-15,18-19H,6-9H2,1H3,(H,31,32). The van der Waals surface area contributed by atoms with Crippen molar-refractivity contribution in [2.24, 2.45) is 23.7 Å². The number of aromatic nitrogens is 3. The Kier molecular flexibility index (Phi) is 4.72. The summed E-state index contributed by atoms with van der Waals surface area (Å²) in [5.41, 5.74) is 3.53. The number of rotatable bonds is 4. The minimum atomic E-state index is -0.437. The molecule has 6 rings (SSSR count). The van der Waals surface area contributed by atoms with Crippen molar-refractivity contribution in [3.8, 4) is 0 Å². The highest BCUT2D eigenvalue weighted by atomic mass is 35.5. The third-order valence-corrected chi connectivity index (χ3v) is 8.16. The summed E-state index contributed by atoms with van der Waals surface area (Å²) in [6.45, 7) is 2.30. The van der Waals surface area contributed by atoms with Crippen LogP contribution in [0, 0.1) is 35.3 Å². The van der Waals surface area contributed by atoms with Crippen molar-refractivity contribution in [2.45, 2.75) is 38.5 Å². The molecule has 5 atom stereocenters. The molecule has 3 nitrogen and oxygen atoms in total. The van der Waals surface area contributed by atoms with Gasteiger partial charge in [0, 0.05) is 24.1 Å². The first-order valence-electron chi connectivity index (χ1n) is 11.3. The maximum Gasteiger partial charge on any atom is 0.144 e. The number of H-pyrrole nitrogens is 1. The van der Waals surface area contributed by atoms with Crippen LogP contribution in [0.15, 0.2) is 42.6 Å². The van der Waals surface area contributed by atoms with Gasteiger partial charge in [0.05, 0.1) is 21.6 Å². The lowest BCUT2D eigenvalue weighted by Crippen LogP contribution is -2.24. The highest BCUT2D eigenvalue weighted by molar-refractivity contribution is 6.31. The van der Waals surface area contributed by atoms with Crippen molar-refractivity contribution in [2.75, 3.05) is 0 Å². The predicted molar refractivity (Wildman–Crippen MR) is 123 cm³/mol. The number of halogens is 3. The van der Waals surface area contributed by atoms with E-state index in [9.17, 15) is 8.78 Å². The average Bonchev–Trinajstić information content (AvgIpc) is 3.47. The summed E-state index contributed by atoms with van der Waals surface area (Å²) in [5, 5.41) is 1.08. The normalized spacial score (nSPS) is 25.8. The molecule has 2 aromatic heterocycles. The molecule has 0 saturated heterocycles. The second-order valence-electron chi connectivity index (χ2n) is 9.71. The predicted octanol–water partition coefficient (Wildman–Crippen LogP) is 7.05. The number of benzene rings is 2. The van der Waals surface area contributed by atoms with E-state index < -0.39 is 5.82 Å². The molecule has 2 bridgehead atoms. The summed E-state index contributed by atoms with van der Waals surface area (Å²) in [5.74, 6) is 3.17. The second-order valence-corrected chi connectivity index (χ2v) is 10.1. The minimum Gasteiger partial charge on any atom is -0.342 e. The van der Waals surface area contributed by atoms with Crippen LogP contribution in [0.1, 0.15) is 43.5 Å². The molecule has 5 unspecified atom stereocenters. The topological polar surface area (TPSA) is 41.6 Å². The lowest BCUT2D eigenvalue weighted by Gasteiger charge is -2.32. The zero-order chi connectivity index (χ0) is 22.0. The summed E-state index contributed by atoms with van der Waals surface area (Å²) >= 11 is 5.91. The van der Waals surface area contributed by atoms with Crippen molar-refractivity contribution in [1.29, 1.82) is 0 Å². The van der Waals surface area contributed by atoms with Crippen LogP contribution >= 0.6 is 11.6 Å². The molecule has 4 aromatic rings. The van der Waals surface area contributed by atoms with Crippen molar-refractivity contribution in [3.63, 3.8) is 0 Å². The van der Waals surface area contributed by atoms with Gasteiger partial charge in [-0.05, 0) is 84.7 Å². The number of nitrogens with zero attached hydrogens (tertiary/aromatic N) is 2. The van der Waals surface area contributed by atoms with Crippen LogP contribution in [-0.4, -0.2) is 15.0 Å². The fraction of sp³-hybridized carbons (Fsp3) is 0.385. The third-order valence-electron chi connectivity index (χ3n) is 7.87. The Morgan fingerprint density at radius 3 is 2.75 bits per heavy atom. The molecular formula is C26H24ClF2N3. The van der Waals surface area contributed by atoms with Gasteiger partial charge in [0.25, 0.3) is 0 Å². The van der Waals surface area contributed by atoms with Crippen molar-refractivity contribution >= 4 is 33.5 Å². The monoisotopic (exact) mass is 451 g/mol. The molecule has 1 N–H and O–H groups in total. The first-order chi connectivity index (χ1) is 15.5. The molecule has 2 fully saturated rings. The van der Waals surface area contributed by atoms with E-state index in [-0.39, 0.29) is 10.8 Å². The molecule has 2 aliphatic rings. The number of pyridine rings is 1. The van der Waals surface area contributed by atoms with E-state index in [1.54, 1.807) is 18.2 Å². The summed E-state index contributed by atoms with van der Waals surface area (Å²) in [6.07, 6.45) is 6.28. The van der Waals surface area contributed by atoms with Gasteiger partial charge in [-0.15, -0.1) is 0 Å². The maximum atomic E-state index is 13.9. The van der Waals surface area contributed by atoms with Gasteiger partial charge in [0.2, 0.25) is 0 Å². The highest BCUT2D eigenvalue weighted by Crippen LogP contribution is 2.58. The van der Waals surface area contributed by atoms with Gasteiger partial charge in [0.15, 0.2) is 0 Å². The third kappa shape index (κ3) is 3.29. The van der Waals surface area contributed by atoms with Crippen LogP contribution in [0.2, 0.25) is 5.02 Å². The smallest absolute Gasteiger partial charge is 0.144 e. The fourth-order valence-electron chi connectivity index (χ4n) is 6.47. The second kappa shape index (κ2) is 7.51. The largest absolute Gasteiger partial charge is 0.342 e. The van der Waals surface area contributed by atoms with Crippen molar-refractivity contribution < 1.29 is 8.78 Å². The van der Waals surface area contributed by atoms with Gasteiger partial charge in [-0.1, -0.05) is 18.5 Å². The summed E-state index contributed by atoms with van der Waals surface area (Å²) < 4.78 is 27.7. The Hall–Kier alpha value is -2.53. The first-order valence-corrected chi connectivity index (χ1v) is 11.7. The van der Waals surface area contributed by atoms with E-state index in [0.29, 0.717) is 35.1 Å². The quantitative estimate of drug-likeness (QED) is 0.361. The van der Waals surface area contributed by atoms with Crippen LogP contribution in [0.5, 0.6) is 0 Å². The zero-order valence-electron chi connectivity index (χ0n) is 17.8. The number of aromatic amines is 1. The molecule has 2 aliphatic carbocycles. The van der Waals surface area contributed by atoms with Gasteiger partial charge < -0.3 is 4.98 Å². The van der Waals surface area contributed by atoms with Crippen LogP contribution in [0.4, 0.5) is 8.78 Å².